The molecule has 0 saturated heterocycles. The van der Waals surface area contributed by atoms with Crippen LogP contribution in [0.3, 0.4) is 0 Å². The number of halogens is 1. The molecule has 0 aliphatic carbocycles. The van der Waals surface area contributed by atoms with Crippen LogP contribution in [-0.2, 0) is 16.1 Å². The fourth-order valence-corrected chi connectivity index (χ4v) is 1.54. The molecule has 0 aliphatic rings. The maximum Gasteiger partial charge on any atom is 0.317 e. The van der Waals surface area contributed by atoms with Crippen LogP contribution in [0.5, 0.6) is 0 Å². The Morgan fingerprint density at radius 1 is 1.26 bits per heavy atom. The molecular weight excluding hydrogens is 255 g/mol. The van der Waals surface area contributed by atoms with Crippen molar-refractivity contribution in [2.75, 3.05) is 13.1 Å². The molecule has 0 amide bonds. The molecule has 0 aliphatic heterocycles. The van der Waals surface area contributed by atoms with Gasteiger partial charge in [-0.3, -0.25) is 14.5 Å². The third-order valence-electron chi connectivity index (χ3n) is 2.29. The van der Waals surface area contributed by atoms with E-state index in [1.54, 1.807) is 6.07 Å². The van der Waals surface area contributed by atoms with E-state index in [0.717, 1.165) is 11.0 Å². The van der Waals surface area contributed by atoms with E-state index in [1.165, 1.54) is 12.1 Å². The monoisotopic (exact) mass is 266 g/mol. The highest BCUT2D eigenvalue weighted by Gasteiger charge is 2.15. The van der Waals surface area contributed by atoms with Crippen molar-refractivity contribution in [3.8, 4) is 6.07 Å². The smallest absolute Gasteiger partial charge is 0.317 e. The van der Waals surface area contributed by atoms with Gasteiger partial charge in [0, 0.05) is 12.1 Å². The van der Waals surface area contributed by atoms with Crippen LogP contribution < -0.4 is 0 Å². The first kappa shape index (κ1) is 14.6. The Balaban J connectivity index is 2.86. The van der Waals surface area contributed by atoms with E-state index in [0.29, 0.717) is 0 Å². The summed E-state index contributed by atoms with van der Waals surface area (Å²) in [4.78, 5) is 22.3. The topological polar surface area (TPSA) is 102 Å². The number of nitrogens with zero attached hydrogens (tertiary/aromatic N) is 2. The van der Waals surface area contributed by atoms with Gasteiger partial charge in [-0.15, -0.1) is 0 Å². The van der Waals surface area contributed by atoms with E-state index in [-0.39, 0.29) is 17.7 Å². The van der Waals surface area contributed by atoms with E-state index in [4.69, 9.17) is 15.5 Å². The van der Waals surface area contributed by atoms with Crippen molar-refractivity contribution in [1.82, 2.24) is 4.90 Å². The van der Waals surface area contributed by atoms with E-state index in [9.17, 15) is 14.0 Å². The van der Waals surface area contributed by atoms with E-state index >= 15 is 0 Å². The molecule has 0 saturated carbocycles. The lowest BCUT2D eigenvalue weighted by Crippen LogP contribution is -2.34. The highest BCUT2D eigenvalue weighted by Crippen LogP contribution is 2.12. The maximum absolute atomic E-state index is 13.6. The van der Waals surface area contributed by atoms with Crippen LogP contribution >= 0.6 is 0 Å². The number of rotatable bonds is 6. The van der Waals surface area contributed by atoms with Crippen molar-refractivity contribution < 1.29 is 24.2 Å². The van der Waals surface area contributed by atoms with Crippen LogP contribution in [0.2, 0.25) is 0 Å². The van der Waals surface area contributed by atoms with Crippen LogP contribution in [0.1, 0.15) is 11.1 Å². The normalized spacial score (nSPS) is 10.2. The Hall–Kier alpha value is -2.46. The Kier molecular flexibility index (Phi) is 4.97. The molecule has 0 unspecified atom stereocenters. The number of benzene rings is 1. The van der Waals surface area contributed by atoms with Crippen molar-refractivity contribution >= 4 is 11.9 Å². The van der Waals surface area contributed by atoms with Crippen molar-refractivity contribution in [2.45, 2.75) is 6.54 Å². The number of carboxylic acid groups (broad SMARTS) is 2. The molecular formula is C12H11FN2O4. The second-order valence-electron chi connectivity index (χ2n) is 3.85. The quantitative estimate of drug-likeness (QED) is 0.784. The fraction of sp³-hybridized carbons (Fsp3) is 0.250. The van der Waals surface area contributed by atoms with Gasteiger partial charge in [-0.2, -0.15) is 5.26 Å². The lowest BCUT2D eigenvalue weighted by atomic mass is 10.1. The first-order valence-electron chi connectivity index (χ1n) is 5.27. The number of hydrogen-bond donors (Lipinski definition) is 2. The third-order valence-corrected chi connectivity index (χ3v) is 2.29. The summed E-state index contributed by atoms with van der Waals surface area (Å²) in [7, 11) is 0. The Labute approximate surface area is 108 Å². The zero-order valence-electron chi connectivity index (χ0n) is 9.84. The Morgan fingerprint density at radius 3 is 2.26 bits per heavy atom. The second kappa shape index (κ2) is 6.47. The van der Waals surface area contributed by atoms with E-state index < -0.39 is 30.8 Å². The SMILES string of the molecule is N#Cc1ccc(CN(CC(=O)O)CC(=O)O)c(F)c1. The molecule has 1 rings (SSSR count). The summed E-state index contributed by atoms with van der Waals surface area (Å²) in [5, 5.41) is 25.9. The molecule has 0 aromatic heterocycles. The first-order valence-corrected chi connectivity index (χ1v) is 5.27. The lowest BCUT2D eigenvalue weighted by Gasteiger charge is -2.18. The van der Waals surface area contributed by atoms with Gasteiger partial charge in [0.05, 0.1) is 24.7 Å². The molecule has 0 heterocycles. The van der Waals surface area contributed by atoms with Gasteiger partial charge in [0.25, 0.3) is 0 Å². The number of carbonyl (C=O) groups is 2. The first-order chi connectivity index (χ1) is 8.92. The van der Waals surface area contributed by atoms with Crippen molar-refractivity contribution in [1.29, 1.82) is 5.26 Å². The minimum atomic E-state index is -1.20. The third kappa shape index (κ3) is 4.73. The minimum Gasteiger partial charge on any atom is -0.480 e. The molecule has 0 fully saturated rings. The lowest BCUT2D eigenvalue weighted by molar-refractivity contribution is -0.142. The largest absolute Gasteiger partial charge is 0.480 e. The molecule has 0 bridgehead atoms. The van der Waals surface area contributed by atoms with Crippen LogP contribution in [0.15, 0.2) is 18.2 Å². The van der Waals surface area contributed by atoms with Crippen LogP contribution in [0.4, 0.5) is 4.39 Å². The molecule has 100 valence electrons. The van der Waals surface area contributed by atoms with Gasteiger partial charge < -0.3 is 10.2 Å². The van der Waals surface area contributed by atoms with Gasteiger partial charge in [0.15, 0.2) is 0 Å². The standard InChI is InChI=1S/C12H11FN2O4/c13-10-3-8(4-14)1-2-9(10)5-15(6-11(16)17)7-12(18)19/h1-3H,5-7H2,(H,16,17)(H,18,19). The van der Waals surface area contributed by atoms with Gasteiger partial charge >= 0.3 is 11.9 Å². The highest BCUT2D eigenvalue weighted by atomic mass is 19.1. The molecule has 2 N–H and O–H groups in total. The van der Waals surface area contributed by atoms with Crippen molar-refractivity contribution in [2.24, 2.45) is 0 Å². The molecule has 0 spiro atoms. The van der Waals surface area contributed by atoms with E-state index in [1.807, 2.05) is 0 Å². The van der Waals surface area contributed by atoms with Crippen LogP contribution in [0.25, 0.3) is 0 Å². The number of hydrogen-bond acceptors (Lipinski definition) is 4. The predicted molar refractivity (Wildman–Crippen MR) is 61.7 cm³/mol. The van der Waals surface area contributed by atoms with Gasteiger partial charge in [0.1, 0.15) is 5.82 Å². The van der Waals surface area contributed by atoms with Crippen LogP contribution in [-0.4, -0.2) is 40.1 Å². The maximum atomic E-state index is 13.6. The predicted octanol–water partition coefficient (Wildman–Crippen LogP) is 0.669. The Morgan fingerprint density at radius 2 is 1.84 bits per heavy atom. The molecule has 0 atom stereocenters. The summed E-state index contributed by atoms with van der Waals surface area (Å²) in [6.45, 7) is -1.17. The summed E-state index contributed by atoms with van der Waals surface area (Å²) in [5.41, 5.74) is 0.283. The Bertz CT molecular complexity index is 523. The molecule has 7 heteroatoms. The highest BCUT2D eigenvalue weighted by molar-refractivity contribution is 5.72. The number of nitriles is 1. The summed E-state index contributed by atoms with van der Waals surface area (Å²) in [6.07, 6.45) is 0. The number of aliphatic carboxylic acids is 2. The van der Waals surface area contributed by atoms with Crippen molar-refractivity contribution in [3.05, 3.63) is 35.1 Å². The molecule has 1 aromatic rings. The fourth-order valence-electron chi connectivity index (χ4n) is 1.54. The van der Waals surface area contributed by atoms with Gasteiger partial charge in [0.2, 0.25) is 0 Å². The second-order valence-corrected chi connectivity index (χ2v) is 3.85. The number of carboxylic acids is 2. The van der Waals surface area contributed by atoms with Gasteiger partial charge in [-0.05, 0) is 12.1 Å². The average molecular weight is 266 g/mol. The molecule has 6 nitrogen and oxygen atoms in total. The zero-order chi connectivity index (χ0) is 14.4. The van der Waals surface area contributed by atoms with Crippen molar-refractivity contribution in [3.63, 3.8) is 0 Å². The average Bonchev–Trinajstić information content (AvgIpc) is 2.30. The summed E-state index contributed by atoms with van der Waals surface area (Å²) < 4.78 is 13.6. The molecule has 0 radical (unpaired) electrons. The van der Waals surface area contributed by atoms with Crippen LogP contribution in [0, 0.1) is 17.1 Å². The molecule has 1 aromatic carbocycles. The zero-order valence-corrected chi connectivity index (χ0v) is 9.84. The summed E-state index contributed by atoms with van der Waals surface area (Å²) in [5.74, 6) is -3.06. The minimum absolute atomic E-state index is 0.140. The van der Waals surface area contributed by atoms with E-state index in [2.05, 4.69) is 0 Å². The van der Waals surface area contributed by atoms with Gasteiger partial charge in [-0.25, -0.2) is 4.39 Å². The van der Waals surface area contributed by atoms with Gasteiger partial charge in [-0.1, -0.05) is 6.07 Å². The molecule has 19 heavy (non-hydrogen) atoms. The summed E-state index contributed by atoms with van der Waals surface area (Å²) in [6, 6.07) is 5.52. The summed E-state index contributed by atoms with van der Waals surface area (Å²) >= 11 is 0.